The molecule has 1 fully saturated rings. The summed E-state index contributed by atoms with van der Waals surface area (Å²) in [4.78, 5) is 8.12. The molecule has 0 aliphatic carbocycles. The number of aromatic nitrogens is 2. The van der Waals surface area contributed by atoms with Crippen LogP contribution in [0.15, 0.2) is 0 Å². The third-order valence-corrected chi connectivity index (χ3v) is 3.17. The van der Waals surface area contributed by atoms with Gasteiger partial charge in [0.25, 0.3) is 0 Å². The quantitative estimate of drug-likeness (QED) is 0.713. The second-order valence-corrected chi connectivity index (χ2v) is 4.63. The van der Waals surface area contributed by atoms with Crippen molar-refractivity contribution in [2.24, 2.45) is 0 Å². The molecule has 1 atom stereocenters. The molecule has 0 N–H and O–H groups in total. The Morgan fingerprint density at radius 3 is 2.69 bits per heavy atom. The van der Waals surface area contributed by atoms with Crippen molar-refractivity contribution in [1.29, 1.82) is 0 Å². The molecule has 1 saturated heterocycles. The van der Waals surface area contributed by atoms with Crippen LogP contribution in [0, 0.1) is 12.7 Å². The highest BCUT2D eigenvalue weighted by Gasteiger charge is 2.33. The zero-order chi connectivity index (χ0) is 11.8. The highest BCUT2D eigenvalue weighted by atomic mass is 35.5. The lowest BCUT2D eigenvalue weighted by molar-refractivity contribution is -0.0762. The lowest BCUT2D eigenvalue weighted by Gasteiger charge is -2.32. The number of ether oxygens (including phenoxy) is 1. The van der Waals surface area contributed by atoms with Gasteiger partial charge in [0, 0.05) is 6.61 Å². The topological polar surface area (TPSA) is 35.0 Å². The van der Waals surface area contributed by atoms with Crippen LogP contribution in [-0.4, -0.2) is 16.6 Å². The summed E-state index contributed by atoms with van der Waals surface area (Å²) in [5, 5.41) is -0.127. The van der Waals surface area contributed by atoms with Crippen LogP contribution in [0.2, 0.25) is 5.15 Å². The number of halogens is 2. The van der Waals surface area contributed by atoms with Crippen LogP contribution in [0.1, 0.15) is 37.7 Å². The van der Waals surface area contributed by atoms with Crippen molar-refractivity contribution in [3.05, 3.63) is 22.5 Å². The molecule has 0 spiro atoms. The fraction of sp³-hybridized carbons (Fsp3) is 0.636. The van der Waals surface area contributed by atoms with E-state index in [1.165, 1.54) is 0 Å². The maximum Gasteiger partial charge on any atom is 0.181 e. The Morgan fingerprint density at radius 2 is 2.12 bits per heavy atom. The smallest absolute Gasteiger partial charge is 0.181 e. The van der Waals surface area contributed by atoms with Crippen molar-refractivity contribution in [2.75, 3.05) is 6.61 Å². The van der Waals surface area contributed by atoms with Crippen molar-refractivity contribution in [3.63, 3.8) is 0 Å². The van der Waals surface area contributed by atoms with Crippen LogP contribution >= 0.6 is 11.6 Å². The molecule has 1 aromatic rings. The Labute approximate surface area is 99.0 Å². The second kappa shape index (κ2) is 4.26. The third kappa shape index (κ3) is 2.04. The molecule has 1 aliphatic rings. The van der Waals surface area contributed by atoms with Crippen LogP contribution in [0.4, 0.5) is 4.39 Å². The maximum absolute atomic E-state index is 13.3. The SMILES string of the molecule is Cc1nc(C2(C)CCCCO2)nc(Cl)c1F. The molecule has 3 nitrogen and oxygen atoms in total. The van der Waals surface area contributed by atoms with Crippen molar-refractivity contribution in [3.8, 4) is 0 Å². The number of aryl methyl sites for hydroxylation is 1. The molecule has 0 radical (unpaired) electrons. The predicted octanol–water partition coefficient (Wildman–Crippen LogP) is 2.99. The van der Waals surface area contributed by atoms with Gasteiger partial charge >= 0.3 is 0 Å². The molecular weight excluding hydrogens is 231 g/mol. The fourth-order valence-corrected chi connectivity index (χ4v) is 2.09. The number of rotatable bonds is 1. The first-order valence-electron chi connectivity index (χ1n) is 5.37. The summed E-state index contributed by atoms with van der Waals surface area (Å²) in [5.74, 6) is -0.0686. The summed E-state index contributed by atoms with van der Waals surface area (Å²) in [5.41, 5.74) is -0.259. The Hall–Kier alpha value is -0.740. The van der Waals surface area contributed by atoms with E-state index in [-0.39, 0.29) is 10.8 Å². The third-order valence-electron chi connectivity index (χ3n) is 2.92. The van der Waals surface area contributed by atoms with Gasteiger partial charge in [-0.15, -0.1) is 0 Å². The monoisotopic (exact) mass is 244 g/mol. The summed E-state index contributed by atoms with van der Waals surface area (Å²) in [6.45, 7) is 4.20. The zero-order valence-electron chi connectivity index (χ0n) is 9.39. The number of hydrogen-bond acceptors (Lipinski definition) is 3. The van der Waals surface area contributed by atoms with Gasteiger partial charge in [0.05, 0.1) is 5.69 Å². The van der Waals surface area contributed by atoms with Crippen LogP contribution in [0.25, 0.3) is 0 Å². The molecule has 0 saturated carbocycles. The van der Waals surface area contributed by atoms with E-state index in [2.05, 4.69) is 9.97 Å². The van der Waals surface area contributed by atoms with Crippen LogP contribution in [0.3, 0.4) is 0 Å². The highest BCUT2D eigenvalue weighted by molar-refractivity contribution is 6.29. The second-order valence-electron chi connectivity index (χ2n) is 4.27. The molecular formula is C11H14ClFN2O. The molecule has 0 aromatic carbocycles. The standard InChI is InChI=1S/C11H14ClFN2O/c1-7-8(13)9(12)15-10(14-7)11(2)5-3-4-6-16-11/h3-6H2,1-2H3. The minimum absolute atomic E-state index is 0.127. The molecule has 1 unspecified atom stereocenters. The largest absolute Gasteiger partial charge is 0.367 e. The first-order chi connectivity index (χ1) is 7.53. The van der Waals surface area contributed by atoms with E-state index < -0.39 is 11.4 Å². The van der Waals surface area contributed by atoms with Crippen LogP contribution < -0.4 is 0 Å². The average Bonchev–Trinajstić information content (AvgIpc) is 2.26. The Bertz CT molecular complexity index is 382. The van der Waals surface area contributed by atoms with Gasteiger partial charge in [0.15, 0.2) is 16.8 Å². The lowest BCUT2D eigenvalue weighted by Crippen LogP contribution is -2.32. The van der Waals surface area contributed by atoms with Gasteiger partial charge < -0.3 is 4.74 Å². The molecule has 2 heterocycles. The van der Waals surface area contributed by atoms with Gasteiger partial charge in [-0.1, -0.05) is 11.6 Å². The average molecular weight is 245 g/mol. The van der Waals surface area contributed by atoms with Gasteiger partial charge in [-0.25, -0.2) is 14.4 Å². The van der Waals surface area contributed by atoms with Crippen molar-refractivity contribution in [1.82, 2.24) is 9.97 Å². The van der Waals surface area contributed by atoms with E-state index in [0.717, 1.165) is 19.3 Å². The summed E-state index contributed by atoms with van der Waals surface area (Å²) >= 11 is 5.72. The summed E-state index contributed by atoms with van der Waals surface area (Å²) in [7, 11) is 0. The van der Waals surface area contributed by atoms with Gasteiger partial charge in [-0.3, -0.25) is 0 Å². The predicted molar refractivity (Wildman–Crippen MR) is 58.9 cm³/mol. The summed E-state index contributed by atoms with van der Waals surface area (Å²) < 4.78 is 19.0. The molecule has 1 aliphatic heterocycles. The minimum Gasteiger partial charge on any atom is -0.367 e. The molecule has 16 heavy (non-hydrogen) atoms. The van der Waals surface area contributed by atoms with E-state index in [4.69, 9.17) is 16.3 Å². The van der Waals surface area contributed by atoms with E-state index in [9.17, 15) is 4.39 Å². The summed E-state index contributed by atoms with van der Waals surface area (Å²) in [6.07, 6.45) is 2.95. The van der Waals surface area contributed by atoms with E-state index in [0.29, 0.717) is 12.4 Å². The van der Waals surface area contributed by atoms with Crippen LogP contribution in [-0.2, 0) is 10.3 Å². The zero-order valence-corrected chi connectivity index (χ0v) is 10.1. The molecule has 0 amide bonds. The maximum atomic E-state index is 13.3. The lowest BCUT2D eigenvalue weighted by atomic mass is 9.95. The fourth-order valence-electron chi connectivity index (χ4n) is 1.87. The molecule has 1 aromatic heterocycles. The van der Waals surface area contributed by atoms with Gasteiger partial charge in [0.1, 0.15) is 5.60 Å². The van der Waals surface area contributed by atoms with Crippen molar-refractivity contribution < 1.29 is 9.13 Å². The Kier molecular flexibility index (Phi) is 3.13. The normalized spacial score (nSPS) is 25.8. The number of nitrogens with zero attached hydrogens (tertiary/aromatic N) is 2. The number of hydrogen-bond donors (Lipinski definition) is 0. The van der Waals surface area contributed by atoms with Crippen molar-refractivity contribution >= 4 is 11.6 Å². The van der Waals surface area contributed by atoms with Gasteiger partial charge in [-0.2, -0.15) is 0 Å². The Balaban J connectivity index is 2.39. The van der Waals surface area contributed by atoms with Gasteiger partial charge in [-0.05, 0) is 33.1 Å². The first kappa shape index (κ1) is 11.7. The molecule has 0 bridgehead atoms. The minimum atomic E-state index is -0.551. The van der Waals surface area contributed by atoms with E-state index in [1.54, 1.807) is 6.92 Å². The van der Waals surface area contributed by atoms with Gasteiger partial charge in [0.2, 0.25) is 0 Å². The van der Waals surface area contributed by atoms with Crippen molar-refractivity contribution in [2.45, 2.75) is 38.7 Å². The molecule has 2 rings (SSSR count). The molecule has 88 valence electrons. The first-order valence-corrected chi connectivity index (χ1v) is 5.75. The molecule has 5 heteroatoms. The highest BCUT2D eigenvalue weighted by Crippen LogP contribution is 2.33. The van der Waals surface area contributed by atoms with E-state index >= 15 is 0 Å². The van der Waals surface area contributed by atoms with Crippen LogP contribution in [0.5, 0.6) is 0 Å². The Morgan fingerprint density at radius 1 is 1.38 bits per heavy atom. The summed E-state index contributed by atoms with van der Waals surface area (Å²) in [6, 6.07) is 0. The van der Waals surface area contributed by atoms with E-state index in [1.807, 2.05) is 6.92 Å².